The van der Waals surface area contributed by atoms with Crippen molar-refractivity contribution in [3.05, 3.63) is 89.2 Å². The first kappa shape index (κ1) is 20.1. The standard InChI is InChI=1S/C23H23N3O3/c1-16-11-12-21(29-2)20(15-16)26-23(28)19-10-6-9-18(25-19)22(27)24-14-13-17-7-4-3-5-8-17/h3-12,15H,13-14H2,1-2H3,(H,24,27)(H,26,28). The number of hydrogen-bond acceptors (Lipinski definition) is 4. The summed E-state index contributed by atoms with van der Waals surface area (Å²) in [7, 11) is 1.54. The molecule has 0 aliphatic rings. The fraction of sp³-hybridized carbons (Fsp3) is 0.174. The van der Waals surface area contributed by atoms with E-state index in [9.17, 15) is 9.59 Å². The molecule has 148 valence electrons. The van der Waals surface area contributed by atoms with Crippen molar-refractivity contribution in [3.63, 3.8) is 0 Å². The van der Waals surface area contributed by atoms with Gasteiger partial charge in [-0.15, -0.1) is 0 Å². The number of nitrogens with one attached hydrogen (secondary N) is 2. The molecule has 0 fully saturated rings. The second kappa shape index (κ2) is 9.50. The maximum atomic E-state index is 12.6. The van der Waals surface area contributed by atoms with Crippen molar-refractivity contribution in [2.45, 2.75) is 13.3 Å². The Balaban J connectivity index is 1.64. The van der Waals surface area contributed by atoms with Crippen LogP contribution >= 0.6 is 0 Å². The van der Waals surface area contributed by atoms with E-state index in [-0.39, 0.29) is 17.3 Å². The molecule has 3 rings (SSSR count). The summed E-state index contributed by atoms with van der Waals surface area (Å²) in [6.45, 7) is 2.41. The van der Waals surface area contributed by atoms with E-state index in [1.807, 2.05) is 49.4 Å². The number of methoxy groups -OCH3 is 1. The number of rotatable bonds is 7. The maximum absolute atomic E-state index is 12.6. The highest BCUT2D eigenvalue weighted by Crippen LogP contribution is 2.25. The highest BCUT2D eigenvalue weighted by molar-refractivity contribution is 6.04. The van der Waals surface area contributed by atoms with Crippen LogP contribution in [-0.2, 0) is 6.42 Å². The van der Waals surface area contributed by atoms with Gasteiger partial charge in [0.05, 0.1) is 12.8 Å². The number of pyridine rings is 1. The van der Waals surface area contributed by atoms with Crippen LogP contribution in [0.1, 0.15) is 32.1 Å². The van der Waals surface area contributed by atoms with E-state index in [1.165, 1.54) is 0 Å². The largest absolute Gasteiger partial charge is 0.495 e. The SMILES string of the molecule is COc1ccc(C)cc1NC(=O)c1cccc(C(=O)NCCc2ccccc2)n1. The Kier molecular flexibility index (Phi) is 6.58. The molecule has 6 heteroatoms. The van der Waals surface area contributed by atoms with Crippen LogP contribution in [-0.4, -0.2) is 30.5 Å². The van der Waals surface area contributed by atoms with E-state index in [1.54, 1.807) is 31.4 Å². The number of carbonyl (C=O) groups excluding carboxylic acids is 2. The number of aryl methyl sites for hydroxylation is 1. The summed E-state index contributed by atoms with van der Waals surface area (Å²) in [5.74, 6) is -0.171. The molecule has 0 bridgehead atoms. The van der Waals surface area contributed by atoms with E-state index < -0.39 is 5.91 Å². The Morgan fingerprint density at radius 2 is 1.66 bits per heavy atom. The third-order valence-corrected chi connectivity index (χ3v) is 4.36. The summed E-state index contributed by atoms with van der Waals surface area (Å²) < 4.78 is 5.28. The van der Waals surface area contributed by atoms with Crippen LogP contribution in [0.2, 0.25) is 0 Å². The predicted octanol–water partition coefficient (Wildman–Crippen LogP) is 3.62. The fourth-order valence-electron chi connectivity index (χ4n) is 2.85. The number of ether oxygens (including phenoxy) is 1. The number of benzene rings is 2. The van der Waals surface area contributed by atoms with Crippen LogP contribution < -0.4 is 15.4 Å². The molecule has 0 aliphatic heterocycles. The van der Waals surface area contributed by atoms with Gasteiger partial charge >= 0.3 is 0 Å². The molecule has 0 atom stereocenters. The molecule has 29 heavy (non-hydrogen) atoms. The second-order valence-corrected chi connectivity index (χ2v) is 6.56. The quantitative estimate of drug-likeness (QED) is 0.647. The first-order valence-corrected chi connectivity index (χ1v) is 9.32. The molecule has 6 nitrogen and oxygen atoms in total. The third-order valence-electron chi connectivity index (χ3n) is 4.36. The molecular weight excluding hydrogens is 366 g/mol. The number of carbonyl (C=O) groups is 2. The van der Waals surface area contributed by atoms with Gasteiger partial charge in [-0.2, -0.15) is 0 Å². The van der Waals surface area contributed by atoms with Crippen LogP contribution in [0.3, 0.4) is 0 Å². The van der Waals surface area contributed by atoms with E-state index in [4.69, 9.17) is 4.74 Å². The van der Waals surface area contributed by atoms with Gasteiger partial charge in [-0.3, -0.25) is 9.59 Å². The van der Waals surface area contributed by atoms with Crippen LogP contribution in [0.15, 0.2) is 66.7 Å². The van der Waals surface area contributed by atoms with Gasteiger partial charge < -0.3 is 15.4 Å². The highest BCUT2D eigenvalue weighted by atomic mass is 16.5. The third kappa shape index (κ3) is 5.42. The zero-order valence-electron chi connectivity index (χ0n) is 16.4. The Morgan fingerprint density at radius 1 is 0.931 bits per heavy atom. The van der Waals surface area contributed by atoms with E-state index in [0.29, 0.717) is 18.0 Å². The highest BCUT2D eigenvalue weighted by Gasteiger charge is 2.14. The minimum atomic E-state index is -0.409. The average molecular weight is 389 g/mol. The normalized spacial score (nSPS) is 10.3. The lowest BCUT2D eigenvalue weighted by Crippen LogP contribution is -2.27. The molecule has 2 N–H and O–H groups in total. The fourth-order valence-corrected chi connectivity index (χ4v) is 2.85. The number of hydrogen-bond donors (Lipinski definition) is 2. The van der Waals surface area contributed by atoms with Gasteiger partial charge in [-0.05, 0) is 48.7 Å². The molecule has 0 radical (unpaired) electrons. The Morgan fingerprint density at radius 3 is 2.38 bits per heavy atom. The predicted molar refractivity (Wildman–Crippen MR) is 112 cm³/mol. The van der Waals surface area contributed by atoms with Crippen LogP contribution in [0.5, 0.6) is 5.75 Å². The average Bonchev–Trinajstić information content (AvgIpc) is 2.74. The molecule has 0 spiro atoms. The first-order chi connectivity index (χ1) is 14.1. The van der Waals surface area contributed by atoms with Gasteiger partial charge in [0, 0.05) is 6.54 Å². The summed E-state index contributed by atoms with van der Waals surface area (Å²) in [4.78, 5) is 29.2. The van der Waals surface area contributed by atoms with Crippen molar-refractivity contribution < 1.29 is 14.3 Å². The molecule has 2 aromatic carbocycles. The zero-order chi connectivity index (χ0) is 20.6. The minimum Gasteiger partial charge on any atom is -0.495 e. The summed E-state index contributed by atoms with van der Waals surface area (Å²) >= 11 is 0. The van der Waals surface area contributed by atoms with Crippen molar-refractivity contribution in [1.82, 2.24) is 10.3 Å². The van der Waals surface area contributed by atoms with E-state index >= 15 is 0 Å². The summed E-state index contributed by atoms with van der Waals surface area (Å²) in [6, 6.07) is 20.2. The first-order valence-electron chi connectivity index (χ1n) is 9.32. The molecular formula is C23H23N3O3. The second-order valence-electron chi connectivity index (χ2n) is 6.56. The molecule has 1 aromatic heterocycles. The monoisotopic (exact) mass is 389 g/mol. The molecule has 0 saturated heterocycles. The lowest BCUT2D eigenvalue weighted by atomic mass is 10.1. The van der Waals surface area contributed by atoms with Gasteiger partial charge in [0.25, 0.3) is 11.8 Å². The summed E-state index contributed by atoms with van der Waals surface area (Å²) in [5, 5.41) is 5.63. The summed E-state index contributed by atoms with van der Waals surface area (Å²) in [5.41, 5.74) is 3.03. The number of nitrogens with zero attached hydrogens (tertiary/aromatic N) is 1. The van der Waals surface area contributed by atoms with Crippen LogP contribution in [0.4, 0.5) is 5.69 Å². The van der Waals surface area contributed by atoms with Crippen molar-refractivity contribution >= 4 is 17.5 Å². The van der Waals surface area contributed by atoms with Gasteiger partial charge in [-0.25, -0.2) is 4.98 Å². The van der Waals surface area contributed by atoms with Gasteiger partial charge in [0.1, 0.15) is 17.1 Å². The van der Waals surface area contributed by atoms with Crippen molar-refractivity contribution in [2.75, 3.05) is 19.0 Å². The van der Waals surface area contributed by atoms with Gasteiger partial charge in [0.15, 0.2) is 0 Å². The van der Waals surface area contributed by atoms with Crippen molar-refractivity contribution in [1.29, 1.82) is 0 Å². The number of anilines is 1. The number of amides is 2. The molecule has 0 saturated carbocycles. The molecule has 1 heterocycles. The minimum absolute atomic E-state index is 0.157. The summed E-state index contributed by atoms with van der Waals surface area (Å²) in [6.07, 6.45) is 0.722. The molecule has 3 aromatic rings. The van der Waals surface area contributed by atoms with Crippen molar-refractivity contribution in [3.8, 4) is 5.75 Å². The molecule has 0 unspecified atom stereocenters. The Labute approximate surface area is 169 Å². The lowest BCUT2D eigenvalue weighted by Gasteiger charge is -2.11. The maximum Gasteiger partial charge on any atom is 0.274 e. The van der Waals surface area contributed by atoms with Crippen LogP contribution in [0.25, 0.3) is 0 Å². The van der Waals surface area contributed by atoms with Gasteiger partial charge in [-0.1, -0.05) is 42.5 Å². The molecule has 2 amide bonds. The molecule has 0 aliphatic carbocycles. The van der Waals surface area contributed by atoms with Crippen LogP contribution in [0, 0.1) is 6.92 Å². The van der Waals surface area contributed by atoms with Crippen molar-refractivity contribution in [2.24, 2.45) is 0 Å². The smallest absolute Gasteiger partial charge is 0.274 e. The topological polar surface area (TPSA) is 80.3 Å². The Hall–Kier alpha value is -3.67. The number of aromatic nitrogens is 1. The zero-order valence-corrected chi connectivity index (χ0v) is 16.4. The van der Waals surface area contributed by atoms with E-state index in [2.05, 4.69) is 15.6 Å². The lowest BCUT2D eigenvalue weighted by molar-refractivity contribution is 0.0949. The van der Waals surface area contributed by atoms with Gasteiger partial charge in [0.2, 0.25) is 0 Å². The van der Waals surface area contributed by atoms with E-state index in [0.717, 1.165) is 17.5 Å². The Bertz CT molecular complexity index is 1000.